The molecule has 0 fully saturated rings. The van der Waals surface area contributed by atoms with Gasteiger partial charge in [-0.15, -0.1) is 0 Å². The fourth-order valence-corrected chi connectivity index (χ4v) is 4.66. The molecule has 0 heterocycles. The highest BCUT2D eigenvalue weighted by Gasteiger charge is 2.08. The average molecular weight is 469 g/mol. The van der Waals surface area contributed by atoms with Gasteiger partial charge in [-0.05, 0) is 31.6 Å². The lowest BCUT2D eigenvalue weighted by Gasteiger charge is -2.16. The SMILES string of the molecule is CCCCCCCCCCC(CCCCCCCCC(=O)OCCCCCCCC)COC. The van der Waals surface area contributed by atoms with Gasteiger partial charge in [0.1, 0.15) is 0 Å². The molecule has 0 saturated carbocycles. The second-order valence-electron chi connectivity index (χ2n) is 10.2. The number of unbranched alkanes of at least 4 members (excludes halogenated alkanes) is 17. The van der Waals surface area contributed by atoms with Gasteiger partial charge in [-0.1, -0.05) is 129 Å². The van der Waals surface area contributed by atoms with E-state index >= 15 is 0 Å². The molecule has 0 radical (unpaired) electrons. The van der Waals surface area contributed by atoms with Crippen LogP contribution in [0, 0.1) is 5.92 Å². The number of carbonyl (C=O) groups is 1. The molecule has 0 aromatic heterocycles. The summed E-state index contributed by atoms with van der Waals surface area (Å²) in [6.45, 7) is 6.07. The molecule has 33 heavy (non-hydrogen) atoms. The molecule has 0 amide bonds. The number of esters is 1. The van der Waals surface area contributed by atoms with Crippen molar-refractivity contribution in [2.75, 3.05) is 20.3 Å². The van der Waals surface area contributed by atoms with Gasteiger partial charge in [0.15, 0.2) is 0 Å². The standard InChI is InChI=1S/C30H60O3/c1-4-6-8-10-12-13-16-20-24-29(28-32-3)25-21-17-14-15-18-22-26-30(31)33-27-23-19-11-9-7-5-2/h29H,4-28H2,1-3H3. The molecule has 0 N–H and O–H groups in total. The summed E-state index contributed by atoms with van der Waals surface area (Å²) in [5, 5.41) is 0. The van der Waals surface area contributed by atoms with Crippen LogP contribution in [-0.2, 0) is 14.3 Å². The van der Waals surface area contributed by atoms with E-state index in [2.05, 4.69) is 13.8 Å². The lowest BCUT2D eigenvalue weighted by Crippen LogP contribution is -2.08. The average Bonchev–Trinajstić information content (AvgIpc) is 2.81. The van der Waals surface area contributed by atoms with Gasteiger partial charge in [-0.25, -0.2) is 0 Å². The lowest BCUT2D eigenvalue weighted by atomic mass is 9.94. The normalized spacial score (nSPS) is 12.2. The third kappa shape index (κ3) is 25.9. The van der Waals surface area contributed by atoms with Crippen molar-refractivity contribution < 1.29 is 14.3 Å². The van der Waals surface area contributed by atoms with Gasteiger partial charge in [-0.2, -0.15) is 0 Å². The molecule has 1 unspecified atom stereocenters. The van der Waals surface area contributed by atoms with Crippen molar-refractivity contribution in [3.63, 3.8) is 0 Å². The van der Waals surface area contributed by atoms with Crippen LogP contribution in [0.15, 0.2) is 0 Å². The maximum absolute atomic E-state index is 11.8. The first kappa shape index (κ1) is 32.4. The summed E-state index contributed by atoms with van der Waals surface area (Å²) in [6.07, 6.45) is 29.2. The maximum atomic E-state index is 11.8. The molecule has 0 spiro atoms. The molecule has 0 saturated heterocycles. The molecule has 0 aromatic rings. The van der Waals surface area contributed by atoms with Gasteiger partial charge < -0.3 is 9.47 Å². The van der Waals surface area contributed by atoms with Gasteiger partial charge in [0.05, 0.1) is 6.61 Å². The Hall–Kier alpha value is -0.570. The summed E-state index contributed by atoms with van der Waals surface area (Å²) in [7, 11) is 1.85. The van der Waals surface area contributed by atoms with E-state index in [1.807, 2.05) is 7.11 Å². The Kier molecular flexibility index (Phi) is 27.2. The van der Waals surface area contributed by atoms with Crippen molar-refractivity contribution in [2.45, 2.75) is 162 Å². The molecule has 1 atom stereocenters. The van der Waals surface area contributed by atoms with Crippen LogP contribution in [0.1, 0.15) is 162 Å². The Morgan fingerprint density at radius 1 is 0.576 bits per heavy atom. The minimum Gasteiger partial charge on any atom is -0.466 e. The summed E-state index contributed by atoms with van der Waals surface area (Å²) in [5.74, 6) is 0.753. The second-order valence-corrected chi connectivity index (χ2v) is 10.2. The van der Waals surface area contributed by atoms with Crippen LogP contribution < -0.4 is 0 Å². The second kappa shape index (κ2) is 27.7. The van der Waals surface area contributed by atoms with Crippen LogP contribution in [0.25, 0.3) is 0 Å². The molecule has 198 valence electrons. The monoisotopic (exact) mass is 468 g/mol. The van der Waals surface area contributed by atoms with E-state index in [0.29, 0.717) is 13.0 Å². The Morgan fingerprint density at radius 3 is 1.48 bits per heavy atom. The minimum atomic E-state index is 0.00641. The lowest BCUT2D eigenvalue weighted by molar-refractivity contribution is -0.143. The van der Waals surface area contributed by atoms with Gasteiger partial charge in [-0.3, -0.25) is 4.79 Å². The van der Waals surface area contributed by atoms with Gasteiger partial charge >= 0.3 is 5.97 Å². The highest BCUT2D eigenvalue weighted by Crippen LogP contribution is 2.20. The maximum Gasteiger partial charge on any atom is 0.305 e. The summed E-state index contributed by atoms with van der Waals surface area (Å²) < 4.78 is 10.8. The van der Waals surface area contributed by atoms with Gasteiger partial charge in [0.25, 0.3) is 0 Å². The van der Waals surface area contributed by atoms with E-state index in [9.17, 15) is 4.79 Å². The smallest absolute Gasteiger partial charge is 0.305 e. The van der Waals surface area contributed by atoms with Crippen LogP contribution in [0.3, 0.4) is 0 Å². The summed E-state index contributed by atoms with van der Waals surface area (Å²) in [5.41, 5.74) is 0. The molecule has 0 rings (SSSR count). The molecular weight excluding hydrogens is 408 g/mol. The molecule has 0 aliphatic carbocycles. The van der Waals surface area contributed by atoms with E-state index in [4.69, 9.17) is 9.47 Å². The minimum absolute atomic E-state index is 0.00641. The molecule has 0 aromatic carbocycles. The Balaban J connectivity index is 3.47. The van der Waals surface area contributed by atoms with Gasteiger partial charge in [0, 0.05) is 20.1 Å². The molecule has 0 aliphatic rings. The van der Waals surface area contributed by atoms with Gasteiger partial charge in [0.2, 0.25) is 0 Å². The summed E-state index contributed by atoms with van der Waals surface area (Å²) in [4.78, 5) is 11.8. The van der Waals surface area contributed by atoms with E-state index < -0.39 is 0 Å². The van der Waals surface area contributed by atoms with Crippen LogP contribution in [0.4, 0.5) is 0 Å². The number of methoxy groups -OCH3 is 1. The van der Waals surface area contributed by atoms with Crippen molar-refractivity contribution in [1.29, 1.82) is 0 Å². The largest absolute Gasteiger partial charge is 0.466 e. The van der Waals surface area contributed by atoms with Crippen molar-refractivity contribution in [1.82, 2.24) is 0 Å². The topological polar surface area (TPSA) is 35.5 Å². The summed E-state index contributed by atoms with van der Waals surface area (Å²) >= 11 is 0. The quantitative estimate of drug-likeness (QED) is 0.0888. The third-order valence-corrected chi connectivity index (χ3v) is 6.87. The molecule has 0 aliphatic heterocycles. The van der Waals surface area contributed by atoms with Crippen molar-refractivity contribution in [2.24, 2.45) is 5.92 Å². The Bertz CT molecular complexity index is 383. The molecule has 0 bridgehead atoms. The predicted octanol–water partition coefficient (Wildman–Crippen LogP) is 9.80. The highest BCUT2D eigenvalue weighted by atomic mass is 16.5. The zero-order chi connectivity index (χ0) is 24.2. The fraction of sp³-hybridized carbons (Fsp3) is 0.967. The van der Waals surface area contributed by atoms with E-state index in [1.54, 1.807) is 0 Å². The van der Waals surface area contributed by atoms with Crippen molar-refractivity contribution in [3.8, 4) is 0 Å². The first-order valence-corrected chi connectivity index (χ1v) is 14.9. The van der Waals surface area contributed by atoms with Crippen LogP contribution in [0.5, 0.6) is 0 Å². The van der Waals surface area contributed by atoms with Crippen LogP contribution in [0.2, 0.25) is 0 Å². The van der Waals surface area contributed by atoms with E-state index in [0.717, 1.165) is 31.8 Å². The summed E-state index contributed by atoms with van der Waals surface area (Å²) in [6, 6.07) is 0. The molecule has 3 nitrogen and oxygen atoms in total. The van der Waals surface area contributed by atoms with Crippen molar-refractivity contribution >= 4 is 5.97 Å². The zero-order valence-electron chi connectivity index (χ0n) is 23.0. The van der Waals surface area contributed by atoms with Crippen LogP contribution >= 0.6 is 0 Å². The number of rotatable bonds is 27. The van der Waals surface area contributed by atoms with E-state index in [1.165, 1.54) is 122 Å². The first-order chi connectivity index (χ1) is 16.2. The first-order valence-electron chi connectivity index (χ1n) is 14.9. The highest BCUT2D eigenvalue weighted by molar-refractivity contribution is 5.69. The number of hydrogen-bond donors (Lipinski definition) is 0. The molecular formula is C30H60O3. The molecule has 3 heteroatoms. The van der Waals surface area contributed by atoms with E-state index in [-0.39, 0.29) is 5.97 Å². The zero-order valence-corrected chi connectivity index (χ0v) is 23.0. The number of hydrogen-bond acceptors (Lipinski definition) is 3. The Morgan fingerprint density at radius 2 is 1.00 bits per heavy atom. The number of carbonyl (C=O) groups excluding carboxylic acids is 1. The third-order valence-electron chi connectivity index (χ3n) is 6.87. The van der Waals surface area contributed by atoms with Crippen molar-refractivity contribution in [3.05, 3.63) is 0 Å². The number of ether oxygens (including phenoxy) is 2. The fourth-order valence-electron chi connectivity index (χ4n) is 4.66. The Labute approximate surface area is 208 Å². The van der Waals surface area contributed by atoms with Crippen LogP contribution in [-0.4, -0.2) is 26.3 Å². The predicted molar refractivity (Wildman–Crippen MR) is 144 cm³/mol.